The lowest BCUT2D eigenvalue weighted by atomic mass is 10.1. The van der Waals surface area contributed by atoms with Crippen LogP contribution in [0.2, 0.25) is 0 Å². The second-order valence-corrected chi connectivity index (χ2v) is 7.15. The maximum Gasteiger partial charge on any atom is 0.331 e. The molecule has 8 heteroatoms. The standard InChI is InChI=1S/C24H25N3O5/c1-17(2)15-26-24(30)20-5-3-4-6-21(20)27-22(28)16-32-23(29)12-9-18-7-10-19(11-8-18)31-14-13-25/h3-12,17H,14-16H2,1-2H3,(H,26,30)(H,27,28)/b12-9+. The van der Waals surface area contributed by atoms with Crippen molar-refractivity contribution in [1.29, 1.82) is 5.26 Å². The average molecular weight is 435 g/mol. The Bertz CT molecular complexity index is 1010. The molecule has 32 heavy (non-hydrogen) atoms. The van der Waals surface area contributed by atoms with Gasteiger partial charge in [-0.1, -0.05) is 38.1 Å². The van der Waals surface area contributed by atoms with Gasteiger partial charge in [-0.15, -0.1) is 0 Å². The number of rotatable bonds is 10. The van der Waals surface area contributed by atoms with Crippen LogP contribution in [0.25, 0.3) is 6.08 Å². The molecular weight excluding hydrogens is 410 g/mol. The van der Waals surface area contributed by atoms with Gasteiger partial charge < -0.3 is 20.1 Å². The van der Waals surface area contributed by atoms with E-state index in [0.29, 0.717) is 29.5 Å². The predicted molar refractivity (Wildman–Crippen MR) is 120 cm³/mol. The van der Waals surface area contributed by atoms with Gasteiger partial charge in [-0.25, -0.2) is 4.79 Å². The topological polar surface area (TPSA) is 118 Å². The molecule has 0 radical (unpaired) electrons. The van der Waals surface area contributed by atoms with E-state index in [4.69, 9.17) is 14.7 Å². The lowest BCUT2D eigenvalue weighted by Gasteiger charge is -2.12. The number of hydrogen-bond donors (Lipinski definition) is 2. The first-order valence-corrected chi connectivity index (χ1v) is 10.0. The van der Waals surface area contributed by atoms with Gasteiger partial charge in [0.2, 0.25) is 0 Å². The third-order valence-corrected chi connectivity index (χ3v) is 4.06. The van der Waals surface area contributed by atoms with Gasteiger partial charge in [-0.05, 0) is 41.8 Å². The van der Waals surface area contributed by atoms with Crippen molar-refractivity contribution in [2.45, 2.75) is 13.8 Å². The third kappa shape index (κ3) is 8.32. The Morgan fingerprint density at radius 1 is 1.09 bits per heavy atom. The first kappa shape index (κ1) is 24.2. The van der Waals surface area contributed by atoms with Gasteiger partial charge in [-0.2, -0.15) is 5.26 Å². The molecule has 0 heterocycles. The fourth-order valence-electron chi connectivity index (χ4n) is 2.51. The smallest absolute Gasteiger partial charge is 0.331 e. The number of carbonyl (C=O) groups excluding carboxylic acids is 3. The van der Waals surface area contributed by atoms with Crippen molar-refractivity contribution >= 4 is 29.5 Å². The maximum atomic E-state index is 12.3. The van der Waals surface area contributed by atoms with Gasteiger partial charge in [0.25, 0.3) is 11.8 Å². The van der Waals surface area contributed by atoms with E-state index < -0.39 is 18.5 Å². The third-order valence-electron chi connectivity index (χ3n) is 4.06. The van der Waals surface area contributed by atoms with E-state index in [1.54, 1.807) is 48.5 Å². The summed E-state index contributed by atoms with van der Waals surface area (Å²) in [7, 11) is 0. The molecule has 0 saturated heterocycles. The summed E-state index contributed by atoms with van der Waals surface area (Å²) in [5, 5.41) is 13.9. The number of nitrogens with one attached hydrogen (secondary N) is 2. The van der Waals surface area contributed by atoms with Crippen molar-refractivity contribution in [1.82, 2.24) is 5.32 Å². The van der Waals surface area contributed by atoms with Crippen LogP contribution < -0.4 is 15.4 Å². The predicted octanol–water partition coefficient (Wildman–Crippen LogP) is 3.17. The second-order valence-electron chi connectivity index (χ2n) is 7.15. The molecule has 0 aromatic heterocycles. The van der Waals surface area contributed by atoms with Crippen molar-refractivity contribution in [2.75, 3.05) is 25.1 Å². The Balaban J connectivity index is 1.85. The highest BCUT2D eigenvalue weighted by molar-refractivity contribution is 6.04. The van der Waals surface area contributed by atoms with E-state index in [2.05, 4.69) is 10.6 Å². The summed E-state index contributed by atoms with van der Waals surface area (Å²) < 4.78 is 10.1. The van der Waals surface area contributed by atoms with Crippen LogP contribution in [-0.2, 0) is 14.3 Å². The van der Waals surface area contributed by atoms with E-state index in [-0.39, 0.29) is 12.5 Å². The normalized spacial score (nSPS) is 10.4. The molecule has 0 aliphatic heterocycles. The number of nitrogens with zero attached hydrogens (tertiary/aromatic N) is 1. The molecule has 0 bridgehead atoms. The molecule has 2 aromatic rings. The molecule has 166 valence electrons. The first-order chi connectivity index (χ1) is 15.4. The molecule has 0 saturated carbocycles. The zero-order chi connectivity index (χ0) is 23.3. The summed E-state index contributed by atoms with van der Waals surface area (Å²) in [5.74, 6) is -0.703. The van der Waals surface area contributed by atoms with E-state index in [0.717, 1.165) is 5.56 Å². The van der Waals surface area contributed by atoms with E-state index in [1.165, 1.54) is 12.2 Å². The van der Waals surface area contributed by atoms with Crippen LogP contribution in [0, 0.1) is 17.2 Å². The van der Waals surface area contributed by atoms with Crippen LogP contribution in [0.1, 0.15) is 29.8 Å². The summed E-state index contributed by atoms with van der Waals surface area (Å²) in [6.45, 7) is 3.94. The van der Waals surface area contributed by atoms with Crippen molar-refractivity contribution in [3.05, 3.63) is 65.7 Å². The number of anilines is 1. The highest BCUT2D eigenvalue weighted by atomic mass is 16.5. The Hall–Kier alpha value is -4.12. The highest BCUT2D eigenvalue weighted by Crippen LogP contribution is 2.15. The molecule has 0 atom stereocenters. The number of benzene rings is 2. The quantitative estimate of drug-likeness (QED) is 0.437. The largest absolute Gasteiger partial charge is 0.479 e. The van der Waals surface area contributed by atoms with E-state index in [1.807, 2.05) is 19.9 Å². The first-order valence-electron chi connectivity index (χ1n) is 10.0. The van der Waals surface area contributed by atoms with Gasteiger partial charge in [0.15, 0.2) is 13.2 Å². The van der Waals surface area contributed by atoms with Gasteiger partial charge in [-0.3, -0.25) is 9.59 Å². The molecule has 2 rings (SSSR count). The van der Waals surface area contributed by atoms with Gasteiger partial charge in [0.1, 0.15) is 11.8 Å². The summed E-state index contributed by atoms with van der Waals surface area (Å²) in [4.78, 5) is 36.4. The van der Waals surface area contributed by atoms with Gasteiger partial charge in [0.05, 0.1) is 11.3 Å². The molecule has 2 aromatic carbocycles. The number of carbonyl (C=O) groups is 3. The molecule has 0 aliphatic rings. The molecule has 0 fully saturated rings. The van der Waals surface area contributed by atoms with Crippen LogP contribution in [0.4, 0.5) is 5.69 Å². The number of ether oxygens (including phenoxy) is 2. The van der Waals surface area contributed by atoms with E-state index in [9.17, 15) is 14.4 Å². The van der Waals surface area contributed by atoms with Crippen LogP contribution in [0.15, 0.2) is 54.6 Å². The average Bonchev–Trinajstić information content (AvgIpc) is 2.79. The number of nitriles is 1. The molecule has 2 amide bonds. The molecule has 8 nitrogen and oxygen atoms in total. The Labute approximate surface area is 186 Å². The summed E-state index contributed by atoms with van der Waals surface area (Å²) in [5.41, 5.74) is 1.39. The summed E-state index contributed by atoms with van der Waals surface area (Å²) in [6, 6.07) is 15.3. The molecular formula is C24H25N3O5. The SMILES string of the molecule is CC(C)CNC(=O)c1ccccc1NC(=O)COC(=O)/C=C/c1ccc(OCC#N)cc1. The molecule has 0 unspecified atom stereocenters. The van der Waals surface area contributed by atoms with Crippen LogP contribution >= 0.6 is 0 Å². The minimum atomic E-state index is -0.687. The minimum Gasteiger partial charge on any atom is -0.479 e. The lowest BCUT2D eigenvalue weighted by Crippen LogP contribution is -2.29. The van der Waals surface area contributed by atoms with Crippen molar-refractivity contribution in [2.24, 2.45) is 5.92 Å². The number of hydrogen-bond acceptors (Lipinski definition) is 6. The lowest BCUT2D eigenvalue weighted by molar-refractivity contribution is -0.142. The monoisotopic (exact) mass is 435 g/mol. The number of amides is 2. The highest BCUT2D eigenvalue weighted by Gasteiger charge is 2.14. The Morgan fingerprint density at radius 2 is 1.81 bits per heavy atom. The zero-order valence-corrected chi connectivity index (χ0v) is 18.0. The Kier molecular flexibility index (Phi) is 9.47. The summed E-state index contributed by atoms with van der Waals surface area (Å²) >= 11 is 0. The van der Waals surface area contributed by atoms with Crippen LogP contribution in [0.3, 0.4) is 0 Å². The number of esters is 1. The minimum absolute atomic E-state index is 0.0450. The Morgan fingerprint density at radius 3 is 2.50 bits per heavy atom. The number of para-hydroxylation sites is 1. The van der Waals surface area contributed by atoms with Crippen LogP contribution in [-0.4, -0.2) is 37.5 Å². The zero-order valence-electron chi connectivity index (χ0n) is 18.0. The van der Waals surface area contributed by atoms with Crippen molar-refractivity contribution in [3.8, 4) is 11.8 Å². The molecule has 0 aliphatic carbocycles. The fraction of sp³-hybridized carbons (Fsp3) is 0.250. The second kappa shape index (κ2) is 12.5. The van der Waals surface area contributed by atoms with Crippen molar-refractivity contribution in [3.63, 3.8) is 0 Å². The summed E-state index contributed by atoms with van der Waals surface area (Å²) in [6.07, 6.45) is 2.73. The molecule has 2 N–H and O–H groups in total. The van der Waals surface area contributed by atoms with E-state index >= 15 is 0 Å². The maximum absolute atomic E-state index is 12.3. The molecule has 0 spiro atoms. The fourth-order valence-corrected chi connectivity index (χ4v) is 2.51. The van der Waals surface area contributed by atoms with Crippen LogP contribution in [0.5, 0.6) is 5.75 Å². The van der Waals surface area contributed by atoms with Gasteiger partial charge >= 0.3 is 5.97 Å². The van der Waals surface area contributed by atoms with Gasteiger partial charge in [0, 0.05) is 12.6 Å². The van der Waals surface area contributed by atoms with Crippen molar-refractivity contribution < 1.29 is 23.9 Å².